The van der Waals surface area contributed by atoms with Crippen molar-refractivity contribution in [3.63, 3.8) is 0 Å². The van der Waals surface area contributed by atoms with E-state index in [1.54, 1.807) is 11.2 Å². The van der Waals surface area contributed by atoms with E-state index in [-0.39, 0.29) is 31.0 Å². The number of carbonyl (C=O) groups excluding carboxylic acids is 1. The molecule has 0 aliphatic carbocycles. The summed E-state index contributed by atoms with van der Waals surface area (Å²) in [6.45, 7) is 1.18. The minimum Gasteiger partial charge on any atom is -0.469 e. The molecule has 0 bridgehead atoms. The minimum absolute atomic E-state index is 0.0162. The molecule has 2 heterocycles. The second-order valence-electron chi connectivity index (χ2n) is 4.88. The molecule has 1 aliphatic rings. The molecule has 0 saturated carbocycles. The van der Waals surface area contributed by atoms with E-state index in [0.717, 1.165) is 5.76 Å². The maximum Gasteiger partial charge on any atom is 0.223 e. The van der Waals surface area contributed by atoms with E-state index in [0.29, 0.717) is 25.9 Å². The van der Waals surface area contributed by atoms with Gasteiger partial charge in [-0.05, 0) is 12.1 Å². The zero-order chi connectivity index (χ0) is 13.0. The van der Waals surface area contributed by atoms with Crippen LogP contribution >= 0.6 is 0 Å². The summed E-state index contributed by atoms with van der Waals surface area (Å²) in [6, 6.07) is 3.68. The highest BCUT2D eigenvalue weighted by atomic mass is 16.3. The largest absolute Gasteiger partial charge is 0.469 e. The lowest BCUT2D eigenvalue weighted by Crippen LogP contribution is -2.33. The van der Waals surface area contributed by atoms with Crippen molar-refractivity contribution in [1.82, 2.24) is 4.90 Å². The van der Waals surface area contributed by atoms with Crippen molar-refractivity contribution in [2.24, 2.45) is 11.8 Å². The third kappa shape index (κ3) is 3.11. The third-order valence-corrected chi connectivity index (χ3v) is 3.36. The molecular weight excluding hydrogens is 234 g/mol. The highest BCUT2D eigenvalue weighted by Gasteiger charge is 2.30. The quantitative estimate of drug-likeness (QED) is 0.763. The molecule has 0 aromatic carbocycles. The third-order valence-electron chi connectivity index (χ3n) is 3.36. The molecule has 1 aliphatic heterocycles. The van der Waals surface area contributed by atoms with Crippen LogP contribution in [-0.4, -0.2) is 47.3 Å². The summed E-state index contributed by atoms with van der Waals surface area (Å²) in [5.74, 6) is 0.907. The Hall–Kier alpha value is -1.33. The van der Waals surface area contributed by atoms with Gasteiger partial charge in [0.1, 0.15) is 5.76 Å². The molecule has 18 heavy (non-hydrogen) atoms. The summed E-state index contributed by atoms with van der Waals surface area (Å²) in [6.07, 6.45) is 2.64. The smallest absolute Gasteiger partial charge is 0.223 e. The number of likely N-dealkylation sites (tertiary alicyclic amines) is 1. The van der Waals surface area contributed by atoms with Crippen LogP contribution in [0.4, 0.5) is 0 Å². The van der Waals surface area contributed by atoms with Crippen molar-refractivity contribution < 1.29 is 19.4 Å². The summed E-state index contributed by atoms with van der Waals surface area (Å²) in [5, 5.41) is 18.4. The van der Waals surface area contributed by atoms with Crippen LogP contribution in [-0.2, 0) is 11.2 Å². The first-order chi connectivity index (χ1) is 8.72. The fourth-order valence-corrected chi connectivity index (χ4v) is 2.36. The molecular formula is C13H19NO4. The number of aliphatic hydroxyl groups is 2. The standard InChI is InChI=1S/C13H19NO4/c15-8-10(4-12-2-1-3-18-12)6-14-7-11(9-16)5-13(14)17/h1-3,10-11,15-16H,4-9H2. The van der Waals surface area contributed by atoms with E-state index < -0.39 is 0 Å². The van der Waals surface area contributed by atoms with Crippen LogP contribution in [0.2, 0.25) is 0 Å². The van der Waals surface area contributed by atoms with Gasteiger partial charge in [0, 0.05) is 51.0 Å². The van der Waals surface area contributed by atoms with Gasteiger partial charge in [0.15, 0.2) is 0 Å². The minimum atomic E-state index is -0.0162. The zero-order valence-electron chi connectivity index (χ0n) is 10.3. The fraction of sp³-hybridized carbons (Fsp3) is 0.615. The monoisotopic (exact) mass is 253 g/mol. The summed E-state index contributed by atoms with van der Waals surface area (Å²) in [4.78, 5) is 13.4. The predicted molar refractivity (Wildman–Crippen MR) is 64.8 cm³/mol. The fourth-order valence-electron chi connectivity index (χ4n) is 2.36. The summed E-state index contributed by atoms with van der Waals surface area (Å²) >= 11 is 0. The van der Waals surface area contributed by atoms with E-state index in [1.165, 1.54) is 0 Å². The number of aliphatic hydroxyl groups excluding tert-OH is 2. The van der Waals surface area contributed by atoms with Gasteiger partial charge >= 0.3 is 0 Å². The molecule has 1 saturated heterocycles. The molecule has 100 valence electrons. The van der Waals surface area contributed by atoms with Crippen LogP contribution in [0.1, 0.15) is 12.2 Å². The van der Waals surface area contributed by atoms with Gasteiger partial charge < -0.3 is 19.5 Å². The van der Waals surface area contributed by atoms with E-state index in [4.69, 9.17) is 9.52 Å². The van der Waals surface area contributed by atoms with Gasteiger partial charge in [-0.1, -0.05) is 0 Å². The molecule has 5 heteroatoms. The van der Waals surface area contributed by atoms with Crippen molar-refractivity contribution in [2.75, 3.05) is 26.3 Å². The van der Waals surface area contributed by atoms with Gasteiger partial charge in [-0.15, -0.1) is 0 Å². The lowest BCUT2D eigenvalue weighted by molar-refractivity contribution is -0.128. The lowest BCUT2D eigenvalue weighted by atomic mass is 10.0. The maximum atomic E-state index is 11.7. The Morgan fingerprint density at radius 1 is 1.50 bits per heavy atom. The summed E-state index contributed by atoms with van der Waals surface area (Å²) in [5.41, 5.74) is 0. The molecule has 5 nitrogen and oxygen atoms in total. The first kappa shape index (κ1) is 13.1. The average molecular weight is 253 g/mol. The Morgan fingerprint density at radius 3 is 2.89 bits per heavy atom. The molecule has 2 atom stereocenters. The predicted octanol–water partition coefficient (Wildman–Crippen LogP) is 0.271. The van der Waals surface area contributed by atoms with Crippen LogP contribution in [0.3, 0.4) is 0 Å². The Labute approximate surface area is 106 Å². The lowest BCUT2D eigenvalue weighted by Gasteiger charge is -2.22. The van der Waals surface area contributed by atoms with Crippen molar-refractivity contribution in [3.8, 4) is 0 Å². The van der Waals surface area contributed by atoms with Crippen LogP contribution in [0.15, 0.2) is 22.8 Å². The highest BCUT2D eigenvalue weighted by molar-refractivity contribution is 5.78. The first-order valence-corrected chi connectivity index (χ1v) is 6.24. The molecule has 1 aromatic heterocycles. The van der Waals surface area contributed by atoms with E-state index in [9.17, 15) is 9.90 Å². The summed E-state index contributed by atoms with van der Waals surface area (Å²) < 4.78 is 5.24. The van der Waals surface area contributed by atoms with Crippen molar-refractivity contribution in [3.05, 3.63) is 24.2 Å². The van der Waals surface area contributed by atoms with Crippen LogP contribution in [0, 0.1) is 11.8 Å². The molecule has 0 spiro atoms. The normalized spacial score (nSPS) is 21.6. The van der Waals surface area contributed by atoms with Gasteiger partial charge in [0.2, 0.25) is 5.91 Å². The molecule has 2 unspecified atom stereocenters. The van der Waals surface area contributed by atoms with Crippen molar-refractivity contribution >= 4 is 5.91 Å². The SMILES string of the molecule is O=C1CC(CO)CN1CC(CO)Cc1ccco1. The van der Waals surface area contributed by atoms with Gasteiger partial charge in [0.25, 0.3) is 0 Å². The maximum absolute atomic E-state index is 11.7. The number of amides is 1. The van der Waals surface area contributed by atoms with Crippen molar-refractivity contribution in [2.45, 2.75) is 12.8 Å². The second-order valence-corrected chi connectivity index (χ2v) is 4.88. The molecule has 1 amide bonds. The Kier molecular flexibility index (Phi) is 4.38. The Bertz CT molecular complexity index is 376. The number of hydrogen-bond acceptors (Lipinski definition) is 4. The number of nitrogens with zero attached hydrogens (tertiary/aromatic N) is 1. The number of rotatable bonds is 6. The van der Waals surface area contributed by atoms with Crippen LogP contribution in [0.25, 0.3) is 0 Å². The average Bonchev–Trinajstić information content (AvgIpc) is 2.99. The number of carbonyl (C=O) groups is 1. The Morgan fingerprint density at radius 2 is 2.33 bits per heavy atom. The molecule has 1 aromatic rings. The zero-order valence-corrected chi connectivity index (χ0v) is 10.3. The van der Waals surface area contributed by atoms with Gasteiger partial charge in [-0.2, -0.15) is 0 Å². The number of furan rings is 1. The molecule has 2 rings (SSSR count). The van der Waals surface area contributed by atoms with E-state index >= 15 is 0 Å². The topological polar surface area (TPSA) is 73.9 Å². The summed E-state index contributed by atoms with van der Waals surface area (Å²) in [7, 11) is 0. The van der Waals surface area contributed by atoms with Gasteiger partial charge in [0.05, 0.1) is 6.26 Å². The second kappa shape index (κ2) is 6.02. The molecule has 0 radical (unpaired) electrons. The first-order valence-electron chi connectivity index (χ1n) is 6.24. The molecule has 1 fully saturated rings. The number of hydrogen-bond donors (Lipinski definition) is 2. The van der Waals surface area contributed by atoms with E-state index in [1.807, 2.05) is 12.1 Å². The van der Waals surface area contributed by atoms with E-state index in [2.05, 4.69) is 0 Å². The Balaban J connectivity index is 1.88. The van der Waals surface area contributed by atoms with Crippen LogP contribution < -0.4 is 0 Å². The highest BCUT2D eigenvalue weighted by Crippen LogP contribution is 2.20. The van der Waals surface area contributed by atoms with Crippen molar-refractivity contribution in [1.29, 1.82) is 0 Å². The van der Waals surface area contributed by atoms with Gasteiger partial charge in [-0.25, -0.2) is 0 Å². The van der Waals surface area contributed by atoms with Crippen LogP contribution in [0.5, 0.6) is 0 Å². The molecule has 2 N–H and O–H groups in total. The van der Waals surface area contributed by atoms with Gasteiger partial charge in [-0.3, -0.25) is 4.79 Å².